The fraction of sp³-hybridized carbons (Fsp3) is 0.429. The summed E-state index contributed by atoms with van der Waals surface area (Å²) in [4.78, 5) is 22.6. The molecular formula is C14H20N2O3. The number of aliphatic carboxylic acids is 1. The monoisotopic (exact) mass is 264 g/mol. The molecule has 0 saturated heterocycles. The molecule has 0 radical (unpaired) electrons. The molecule has 0 aliphatic heterocycles. The van der Waals surface area contributed by atoms with E-state index in [1.807, 2.05) is 13.8 Å². The Morgan fingerprint density at radius 1 is 1.16 bits per heavy atom. The summed E-state index contributed by atoms with van der Waals surface area (Å²) in [7, 11) is 0. The van der Waals surface area contributed by atoms with Gasteiger partial charge in [-0.1, -0.05) is 12.1 Å². The van der Waals surface area contributed by atoms with E-state index < -0.39 is 11.4 Å². The van der Waals surface area contributed by atoms with E-state index in [1.165, 1.54) is 0 Å². The molecule has 1 aromatic rings. The number of anilines is 1. The number of rotatable bonds is 4. The third kappa shape index (κ3) is 3.98. The van der Waals surface area contributed by atoms with Gasteiger partial charge in [0.1, 0.15) is 0 Å². The Hall–Kier alpha value is -2.04. The summed E-state index contributed by atoms with van der Waals surface area (Å²) in [6, 6.07) is 6.59. The van der Waals surface area contributed by atoms with Crippen LogP contribution in [0.2, 0.25) is 0 Å². The summed E-state index contributed by atoms with van der Waals surface area (Å²) < 4.78 is 0. The SMILES string of the molecule is CC(C)NC(=O)Nc1ccc(C(C)(C)C(=O)O)cc1. The van der Waals surface area contributed by atoms with Gasteiger partial charge in [0, 0.05) is 11.7 Å². The first-order valence-corrected chi connectivity index (χ1v) is 6.15. The first-order chi connectivity index (χ1) is 8.73. The summed E-state index contributed by atoms with van der Waals surface area (Å²) >= 11 is 0. The predicted octanol–water partition coefficient (Wildman–Crippen LogP) is 2.58. The number of urea groups is 1. The summed E-state index contributed by atoms with van der Waals surface area (Å²) in [5.41, 5.74) is 0.372. The van der Waals surface area contributed by atoms with Crippen molar-refractivity contribution >= 4 is 17.7 Å². The van der Waals surface area contributed by atoms with Crippen LogP contribution in [-0.2, 0) is 10.2 Å². The molecule has 0 aliphatic rings. The number of carboxylic acid groups (broad SMARTS) is 1. The van der Waals surface area contributed by atoms with E-state index in [1.54, 1.807) is 38.1 Å². The zero-order chi connectivity index (χ0) is 14.6. The maximum Gasteiger partial charge on any atom is 0.319 e. The van der Waals surface area contributed by atoms with Crippen LogP contribution in [0.5, 0.6) is 0 Å². The molecule has 104 valence electrons. The number of hydrogen-bond donors (Lipinski definition) is 3. The molecule has 0 heterocycles. The van der Waals surface area contributed by atoms with Crippen LogP contribution in [0.4, 0.5) is 10.5 Å². The van der Waals surface area contributed by atoms with Crippen molar-refractivity contribution in [1.29, 1.82) is 0 Å². The highest BCUT2D eigenvalue weighted by Crippen LogP contribution is 2.24. The maximum absolute atomic E-state index is 11.5. The molecule has 2 amide bonds. The average molecular weight is 264 g/mol. The van der Waals surface area contributed by atoms with Crippen LogP contribution in [0.3, 0.4) is 0 Å². The van der Waals surface area contributed by atoms with Crippen LogP contribution in [0, 0.1) is 0 Å². The summed E-state index contributed by atoms with van der Waals surface area (Å²) in [5.74, 6) is -0.884. The van der Waals surface area contributed by atoms with Crippen molar-refractivity contribution in [2.45, 2.75) is 39.2 Å². The van der Waals surface area contributed by atoms with E-state index in [2.05, 4.69) is 10.6 Å². The van der Waals surface area contributed by atoms with Crippen molar-refractivity contribution in [2.24, 2.45) is 0 Å². The van der Waals surface area contributed by atoms with Crippen LogP contribution >= 0.6 is 0 Å². The van der Waals surface area contributed by atoms with E-state index in [0.29, 0.717) is 11.3 Å². The topological polar surface area (TPSA) is 78.4 Å². The maximum atomic E-state index is 11.5. The molecule has 0 spiro atoms. The Bertz CT molecular complexity index is 464. The smallest absolute Gasteiger partial charge is 0.319 e. The first-order valence-electron chi connectivity index (χ1n) is 6.15. The molecule has 1 rings (SSSR count). The van der Waals surface area contributed by atoms with Crippen molar-refractivity contribution in [3.63, 3.8) is 0 Å². The van der Waals surface area contributed by atoms with Crippen molar-refractivity contribution in [1.82, 2.24) is 5.32 Å². The fourth-order valence-electron chi connectivity index (χ4n) is 1.52. The number of carbonyl (C=O) groups is 2. The van der Waals surface area contributed by atoms with Gasteiger partial charge in [-0.25, -0.2) is 4.79 Å². The van der Waals surface area contributed by atoms with Crippen LogP contribution in [0.25, 0.3) is 0 Å². The van der Waals surface area contributed by atoms with Crippen LogP contribution < -0.4 is 10.6 Å². The highest BCUT2D eigenvalue weighted by Gasteiger charge is 2.29. The Labute approximate surface area is 113 Å². The van der Waals surface area contributed by atoms with Crippen molar-refractivity contribution in [3.8, 4) is 0 Å². The molecule has 3 N–H and O–H groups in total. The minimum absolute atomic E-state index is 0.0604. The first kappa shape index (κ1) is 15.0. The van der Waals surface area contributed by atoms with Gasteiger partial charge in [-0.2, -0.15) is 0 Å². The van der Waals surface area contributed by atoms with Gasteiger partial charge in [0.25, 0.3) is 0 Å². The summed E-state index contributed by atoms with van der Waals surface area (Å²) in [5, 5.41) is 14.5. The molecular weight excluding hydrogens is 244 g/mol. The minimum Gasteiger partial charge on any atom is -0.481 e. The molecule has 0 aromatic heterocycles. The second-order valence-corrected chi connectivity index (χ2v) is 5.26. The van der Waals surface area contributed by atoms with Gasteiger partial charge >= 0.3 is 12.0 Å². The third-order valence-electron chi connectivity index (χ3n) is 2.82. The van der Waals surface area contributed by atoms with E-state index >= 15 is 0 Å². The molecule has 1 aromatic carbocycles. The lowest BCUT2D eigenvalue weighted by Gasteiger charge is -2.20. The van der Waals surface area contributed by atoms with Crippen LogP contribution in [0.1, 0.15) is 33.3 Å². The Morgan fingerprint density at radius 2 is 1.68 bits per heavy atom. The van der Waals surface area contributed by atoms with Crippen molar-refractivity contribution in [3.05, 3.63) is 29.8 Å². The summed E-state index contributed by atoms with van der Waals surface area (Å²) in [6.07, 6.45) is 0. The van der Waals surface area contributed by atoms with E-state index in [0.717, 1.165) is 0 Å². The quantitative estimate of drug-likeness (QED) is 0.782. The van der Waals surface area contributed by atoms with Gasteiger partial charge < -0.3 is 15.7 Å². The molecule has 19 heavy (non-hydrogen) atoms. The van der Waals surface area contributed by atoms with Crippen LogP contribution in [0.15, 0.2) is 24.3 Å². The lowest BCUT2D eigenvalue weighted by molar-refractivity contribution is -0.142. The normalized spacial score (nSPS) is 11.2. The predicted molar refractivity (Wildman–Crippen MR) is 74.4 cm³/mol. The Balaban J connectivity index is 2.77. The second-order valence-electron chi connectivity index (χ2n) is 5.26. The lowest BCUT2D eigenvalue weighted by Crippen LogP contribution is -2.34. The standard InChI is InChI=1S/C14H20N2O3/c1-9(2)15-13(19)16-11-7-5-10(6-8-11)14(3,4)12(17)18/h5-9H,1-4H3,(H,17,18)(H2,15,16,19). The van der Waals surface area contributed by atoms with E-state index in [-0.39, 0.29) is 12.1 Å². The second kappa shape index (κ2) is 5.73. The van der Waals surface area contributed by atoms with Gasteiger partial charge in [-0.3, -0.25) is 4.79 Å². The average Bonchev–Trinajstić information content (AvgIpc) is 2.28. The van der Waals surface area contributed by atoms with Gasteiger partial charge in [-0.15, -0.1) is 0 Å². The molecule has 0 saturated carbocycles. The number of benzene rings is 1. The molecule has 0 bridgehead atoms. The summed E-state index contributed by atoms with van der Waals surface area (Å²) in [6.45, 7) is 7.03. The number of hydrogen-bond acceptors (Lipinski definition) is 2. The van der Waals surface area contributed by atoms with Crippen molar-refractivity contribution < 1.29 is 14.7 Å². The van der Waals surface area contributed by atoms with Gasteiger partial charge in [-0.05, 0) is 45.4 Å². The fourth-order valence-corrected chi connectivity index (χ4v) is 1.52. The number of carbonyl (C=O) groups excluding carboxylic acids is 1. The minimum atomic E-state index is -0.946. The largest absolute Gasteiger partial charge is 0.481 e. The molecule has 0 atom stereocenters. The Morgan fingerprint density at radius 3 is 2.11 bits per heavy atom. The number of amides is 2. The molecule has 0 aliphatic carbocycles. The Kier molecular flexibility index (Phi) is 4.53. The zero-order valence-electron chi connectivity index (χ0n) is 11.7. The molecule has 5 nitrogen and oxygen atoms in total. The van der Waals surface area contributed by atoms with Gasteiger partial charge in [0.05, 0.1) is 5.41 Å². The van der Waals surface area contributed by atoms with E-state index in [9.17, 15) is 9.59 Å². The lowest BCUT2D eigenvalue weighted by atomic mass is 9.85. The molecule has 5 heteroatoms. The third-order valence-corrected chi connectivity index (χ3v) is 2.82. The van der Waals surface area contributed by atoms with E-state index in [4.69, 9.17) is 5.11 Å². The van der Waals surface area contributed by atoms with Crippen molar-refractivity contribution in [2.75, 3.05) is 5.32 Å². The van der Waals surface area contributed by atoms with Gasteiger partial charge in [0.2, 0.25) is 0 Å². The highest BCUT2D eigenvalue weighted by atomic mass is 16.4. The number of carboxylic acids is 1. The molecule has 0 fully saturated rings. The zero-order valence-corrected chi connectivity index (χ0v) is 11.7. The van der Waals surface area contributed by atoms with Crippen LogP contribution in [-0.4, -0.2) is 23.1 Å². The number of nitrogens with one attached hydrogen (secondary N) is 2. The van der Waals surface area contributed by atoms with Gasteiger partial charge in [0.15, 0.2) is 0 Å². The highest BCUT2D eigenvalue weighted by molar-refractivity contribution is 5.89. The molecule has 0 unspecified atom stereocenters.